The summed E-state index contributed by atoms with van der Waals surface area (Å²) in [5.41, 5.74) is 0. The zero-order chi connectivity index (χ0) is 10.1. The molecule has 14 heavy (non-hydrogen) atoms. The van der Waals surface area contributed by atoms with Crippen LogP contribution in [0.3, 0.4) is 0 Å². The SMILES string of the molecule is COC1CC(N2CC(C)NC(C)C2)C1. The fourth-order valence-corrected chi connectivity index (χ4v) is 2.70. The van der Waals surface area contributed by atoms with Crippen LogP contribution in [0.4, 0.5) is 0 Å². The van der Waals surface area contributed by atoms with Gasteiger partial charge in [0.25, 0.3) is 0 Å². The van der Waals surface area contributed by atoms with E-state index in [4.69, 9.17) is 4.74 Å². The summed E-state index contributed by atoms with van der Waals surface area (Å²) in [5, 5.41) is 3.56. The number of ether oxygens (including phenoxy) is 1. The van der Waals surface area contributed by atoms with Gasteiger partial charge >= 0.3 is 0 Å². The molecule has 0 spiro atoms. The Morgan fingerprint density at radius 1 is 1.14 bits per heavy atom. The molecule has 2 atom stereocenters. The first kappa shape index (κ1) is 10.4. The van der Waals surface area contributed by atoms with Crippen molar-refractivity contribution in [3.8, 4) is 0 Å². The molecule has 82 valence electrons. The molecular formula is C11H22N2O. The Labute approximate surface area is 86.8 Å². The van der Waals surface area contributed by atoms with Gasteiger partial charge in [0.15, 0.2) is 0 Å². The number of nitrogens with one attached hydrogen (secondary N) is 1. The van der Waals surface area contributed by atoms with E-state index < -0.39 is 0 Å². The molecule has 0 aromatic heterocycles. The van der Waals surface area contributed by atoms with Crippen molar-refractivity contribution in [1.29, 1.82) is 0 Å². The Morgan fingerprint density at radius 2 is 1.71 bits per heavy atom. The first-order valence-corrected chi connectivity index (χ1v) is 5.72. The molecule has 0 aromatic rings. The van der Waals surface area contributed by atoms with Crippen LogP contribution < -0.4 is 5.32 Å². The minimum atomic E-state index is 0.528. The second kappa shape index (κ2) is 4.17. The number of rotatable bonds is 2. The van der Waals surface area contributed by atoms with Crippen LogP contribution in [0.5, 0.6) is 0 Å². The first-order valence-electron chi connectivity index (χ1n) is 5.72. The number of nitrogens with zero attached hydrogens (tertiary/aromatic N) is 1. The van der Waals surface area contributed by atoms with Crippen molar-refractivity contribution in [2.75, 3.05) is 20.2 Å². The number of methoxy groups -OCH3 is 1. The number of hydrogen-bond donors (Lipinski definition) is 1. The third kappa shape index (κ3) is 2.10. The van der Waals surface area contributed by atoms with Crippen molar-refractivity contribution in [1.82, 2.24) is 10.2 Å². The third-order valence-electron chi connectivity index (χ3n) is 3.51. The van der Waals surface area contributed by atoms with E-state index in [9.17, 15) is 0 Å². The van der Waals surface area contributed by atoms with Crippen LogP contribution in [0.1, 0.15) is 26.7 Å². The molecule has 2 fully saturated rings. The summed E-state index contributed by atoms with van der Waals surface area (Å²) in [6.07, 6.45) is 2.99. The molecule has 1 N–H and O–H groups in total. The summed E-state index contributed by atoms with van der Waals surface area (Å²) in [4.78, 5) is 2.63. The van der Waals surface area contributed by atoms with Gasteiger partial charge in [-0.15, -0.1) is 0 Å². The molecule has 1 saturated heterocycles. The highest BCUT2D eigenvalue weighted by atomic mass is 16.5. The summed E-state index contributed by atoms with van der Waals surface area (Å²) in [6.45, 7) is 6.95. The van der Waals surface area contributed by atoms with Crippen molar-refractivity contribution in [3.05, 3.63) is 0 Å². The maximum absolute atomic E-state index is 5.32. The molecule has 0 aromatic carbocycles. The van der Waals surface area contributed by atoms with Gasteiger partial charge in [-0.2, -0.15) is 0 Å². The van der Waals surface area contributed by atoms with E-state index in [0.29, 0.717) is 18.2 Å². The molecule has 2 rings (SSSR count). The Hall–Kier alpha value is -0.120. The van der Waals surface area contributed by atoms with Gasteiger partial charge in [0.05, 0.1) is 6.10 Å². The first-order chi connectivity index (χ1) is 6.69. The van der Waals surface area contributed by atoms with E-state index in [2.05, 4.69) is 24.1 Å². The summed E-state index contributed by atoms with van der Waals surface area (Å²) in [6, 6.07) is 2.06. The van der Waals surface area contributed by atoms with E-state index in [-0.39, 0.29) is 0 Å². The Morgan fingerprint density at radius 3 is 2.21 bits per heavy atom. The maximum Gasteiger partial charge on any atom is 0.0601 e. The Bertz CT molecular complexity index is 182. The highest BCUT2D eigenvalue weighted by Crippen LogP contribution is 2.28. The van der Waals surface area contributed by atoms with Crippen molar-refractivity contribution in [2.45, 2.75) is 50.9 Å². The average Bonchev–Trinajstić information content (AvgIpc) is 2.00. The van der Waals surface area contributed by atoms with Gasteiger partial charge in [-0.1, -0.05) is 0 Å². The number of piperazine rings is 1. The molecule has 2 aliphatic rings. The Kier molecular flexibility index (Phi) is 3.10. The molecule has 1 aliphatic carbocycles. The zero-order valence-electron chi connectivity index (χ0n) is 9.49. The molecular weight excluding hydrogens is 176 g/mol. The van der Waals surface area contributed by atoms with E-state index in [1.165, 1.54) is 25.9 Å². The van der Waals surface area contributed by atoms with E-state index in [0.717, 1.165) is 6.04 Å². The average molecular weight is 198 g/mol. The molecule has 2 unspecified atom stereocenters. The van der Waals surface area contributed by atoms with Crippen LogP contribution in [-0.2, 0) is 4.74 Å². The smallest absolute Gasteiger partial charge is 0.0601 e. The third-order valence-corrected chi connectivity index (χ3v) is 3.51. The molecule has 3 heteroatoms. The molecule has 0 amide bonds. The normalized spacial score (nSPS) is 44.8. The maximum atomic E-state index is 5.32. The fraction of sp³-hybridized carbons (Fsp3) is 1.00. The van der Waals surface area contributed by atoms with Crippen LogP contribution in [0.25, 0.3) is 0 Å². The quantitative estimate of drug-likeness (QED) is 0.712. The van der Waals surface area contributed by atoms with Gasteiger partial charge in [0.1, 0.15) is 0 Å². The van der Waals surface area contributed by atoms with Crippen molar-refractivity contribution in [2.24, 2.45) is 0 Å². The van der Waals surface area contributed by atoms with Gasteiger partial charge in [-0.25, -0.2) is 0 Å². The van der Waals surface area contributed by atoms with Gasteiger partial charge in [-0.05, 0) is 26.7 Å². The second-order valence-electron chi connectivity index (χ2n) is 4.91. The molecule has 1 saturated carbocycles. The lowest BCUT2D eigenvalue weighted by molar-refractivity contribution is -0.0383. The summed E-state index contributed by atoms with van der Waals surface area (Å²) < 4.78 is 5.32. The van der Waals surface area contributed by atoms with Gasteiger partial charge in [0.2, 0.25) is 0 Å². The topological polar surface area (TPSA) is 24.5 Å². The molecule has 3 nitrogen and oxygen atoms in total. The van der Waals surface area contributed by atoms with Crippen molar-refractivity contribution < 1.29 is 4.74 Å². The highest BCUT2D eigenvalue weighted by molar-refractivity contribution is 4.92. The largest absolute Gasteiger partial charge is 0.381 e. The summed E-state index contributed by atoms with van der Waals surface area (Å²) >= 11 is 0. The van der Waals surface area contributed by atoms with Gasteiger partial charge in [0, 0.05) is 38.3 Å². The predicted molar refractivity (Wildman–Crippen MR) is 57.5 cm³/mol. The van der Waals surface area contributed by atoms with Crippen LogP contribution in [0.15, 0.2) is 0 Å². The minimum Gasteiger partial charge on any atom is -0.381 e. The molecule has 1 aliphatic heterocycles. The van der Waals surface area contributed by atoms with Crippen molar-refractivity contribution in [3.63, 3.8) is 0 Å². The van der Waals surface area contributed by atoms with Crippen LogP contribution >= 0.6 is 0 Å². The lowest BCUT2D eigenvalue weighted by Gasteiger charge is -2.47. The highest BCUT2D eigenvalue weighted by Gasteiger charge is 2.36. The standard InChI is InChI=1S/C11H22N2O/c1-8-6-13(7-9(2)12-8)10-4-11(5-10)14-3/h8-12H,4-7H2,1-3H3. The molecule has 1 heterocycles. The molecule has 0 radical (unpaired) electrons. The van der Waals surface area contributed by atoms with E-state index in [1.807, 2.05) is 7.11 Å². The lowest BCUT2D eigenvalue weighted by atomic mass is 9.86. The van der Waals surface area contributed by atoms with Crippen LogP contribution in [0.2, 0.25) is 0 Å². The monoisotopic (exact) mass is 198 g/mol. The summed E-state index contributed by atoms with van der Waals surface area (Å²) in [7, 11) is 1.82. The zero-order valence-corrected chi connectivity index (χ0v) is 9.49. The van der Waals surface area contributed by atoms with Crippen LogP contribution in [-0.4, -0.2) is 49.3 Å². The summed E-state index contributed by atoms with van der Waals surface area (Å²) in [5.74, 6) is 0. The predicted octanol–water partition coefficient (Wildman–Crippen LogP) is 0.846. The van der Waals surface area contributed by atoms with E-state index in [1.54, 1.807) is 0 Å². The molecule has 0 bridgehead atoms. The lowest BCUT2D eigenvalue weighted by Crippen LogP contribution is -2.60. The van der Waals surface area contributed by atoms with Crippen LogP contribution in [0, 0.1) is 0 Å². The van der Waals surface area contributed by atoms with Gasteiger partial charge < -0.3 is 10.1 Å². The van der Waals surface area contributed by atoms with Gasteiger partial charge in [-0.3, -0.25) is 4.90 Å². The fourth-order valence-electron chi connectivity index (χ4n) is 2.70. The Balaban J connectivity index is 1.81. The minimum absolute atomic E-state index is 0.528. The second-order valence-corrected chi connectivity index (χ2v) is 4.91. The van der Waals surface area contributed by atoms with E-state index >= 15 is 0 Å². The van der Waals surface area contributed by atoms with Crippen molar-refractivity contribution >= 4 is 0 Å². The number of hydrogen-bond acceptors (Lipinski definition) is 3.